The molecule has 0 spiro atoms. The number of hydrogen-bond donors (Lipinski definition) is 0. The third kappa shape index (κ3) is 2.22. The molecular weight excluding hydrogens is 298 g/mol. The lowest BCUT2D eigenvalue weighted by molar-refractivity contribution is -0.167. The predicted molar refractivity (Wildman–Crippen MR) is 90.2 cm³/mol. The molecule has 0 bridgehead atoms. The van der Waals surface area contributed by atoms with Crippen LogP contribution >= 0.6 is 11.6 Å². The molecule has 2 heterocycles. The number of ether oxygens (including phenoxy) is 2. The summed E-state index contributed by atoms with van der Waals surface area (Å²) in [5, 5.41) is 0.531. The average molecular weight is 322 g/mol. The van der Waals surface area contributed by atoms with Crippen molar-refractivity contribution in [2.24, 2.45) is 22.2 Å². The van der Waals surface area contributed by atoms with Crippen molar-refractivity contribution in [3.8, 4) is 0 Å². The fourth-order valence-electron chi connectivity index (χ4n) is 4.26. The van der Waals surface area contributed by atoms with E-state index in [-0.39, 0.29) is 17.6 Å². The summed E-state index contributed by atoms with van der Waals surface area (Å²) in [5.74, 6) is 0.861. The van der Waals surface area contributed by atoms with Gasteiger partial charge in [-0.1, -0.05) is 24.6 Å². The number of hydrogen-bond acceptors (Lipinski definition) is 3. The second-order valence-corrected chi connectivity index (χ2v) is 6.95. The third-order valence-electron chi connectivity index (χ3n) is 5.59. The van der Waals surface area contributed by atoms with Gasteiger partial charge < -0.3 is 9.47 Å². The maximum Gasteiger partial charge on any atom is 0.130 e. The Balaban J connectivity index is 1.84. The molecule has 1 aliphatic carbocycles. The Hall–Kier alpha value is -0.900. The molecule has 0 N–H and O–H groups in total. The molecule has 4 heteroatoms. The van der Waals surface area contributed by atoms with E-state index in [4.69, 9.17) is 21.1 Å². The summed E-state index contributed by atoms with van der Waals surface area (Å²) in [5.41, 5.74) is 2.22. The van der Waals surface area contributed by atoms with Crippen LogP contribution in [0.4, 0.5) is 0 Å². The van der Waals surface area contributed by atoms with Crippen molar-refractivity contribution in [3.05, 3.63) is 35.0 Å². The summed E-state index contributed by atoms with van der Waals surface area (Å²) >= 11 is 6.24. The van der Waals surface area contributed by atoms with E-state index in [1.807, 2.05) is 13.0 Å². The predicted octanol–water partition coefficient (Wildman–Crippen LogP) is 4.10. The largest absolute Gasteiger partial charge is 0.380 e. The van der Waals surface area contributed by atoms with Crippen LogP contribution < -0.4 is 0 Å². The van der Waals surface area contributed by atoms with Crippen molar-refractivity contribution >= 4 is 17.8 Å². The van der Waals surface area contributed by atoms with Crippen molar-refractivity contribution in [1.29, 1.82) is 0 Å². The molecule has 3 rings (SSSR count). The molecule has 2 fully saturated rings. The van der Waals surface area contributed by atoms with Gasteiger partial charge in [0.25, 0.3) is 0 Å². The number of rotatable bonds is 4. The van der Waals surface area contributed by atoms with E-state index in [0.717, 1.165) is 30.8 Å². The monoisotopic (exact) mass is 321 g/mol. The molecule has 0 aromatic carbocycles. The fraction of sp³-hybridized carbons (Fsp3) is 0.611. The van der Waals surface area contributed by atoms with Crippen molar-refractivity contribution in [2.45, 2.75) is 39.4 Å². The number of allylic oxidation sites excluding steroid dienone is 1. The van der Waals surface area contributed by atoms with Crippen LogP contribution in [0.25, 0.3) is 0 Å². The van der Waals surface area contributed by atoms with Gasteiger partial charge in [0.1, 0.15) is 11.3 Å². The van der Waals surface area contributed by atoms with Crippen molar-refractivity contribution in [1.82, 2.24) is 0 Å². The Morgan fingerprint density at radius 2 is 2.32 bits per heavy atom. The minimum atomic E-state index is -0.0996. The Kier molecular flexibility index (Phi) is 4.32. The highest BCUT2D eigenvalue weighted by molar-refractivity contribution is 6.30. The van der Waals surface area contributed by atoms with Gasteiger partial charge in [0.15, 0.2) is 0 Å². The lowest BCUT2D eigenvalue weighted by Gasteiger charge is -2.56. The molecule has 0 aromatic heterocycles. The second-order valence-electron chi connectivity index (χ2n) is 6.60. The SMILES string of the molecule is C=CC12COCC1C(OC1C(C)=CC=NC(Cl)=C1C)C2CC. The Morgan fingerprint density at radius 1 is 1.55 bits per heavy atom. The van der Waals surface area contributed by atoms with Gasteiger partial charge in [-0.25, -0.2) is 4.99 Å². The molecule has 3 aliphatic rings. The average Bonchev–Trinajstić information content (AvgIpc) is 2.82. The van der Waals surface area contributed by atoms with E-state index in [0.29, 0.717) is 17.0 Å². The van der Waals surface area contributed by atoms with E-state index in [9.17, 15) is 0 Å². The van der Waals surface area contributed by atoms with E-state index in [1.165, 1.54) is 0 Å². The zero-order valence-electron chi connectivity index (χ0n) is 13.5. The van der Waals surface area contributed by atoms with Crippen molar-refractivity contribution in [2.75, 3.05) is 13.2 Å². The lowest BCUT2D eigenvalue weighted by atomic mass is 9.51. The normalized spacial score (nSPS) is 40.8. The van der Waals surface area contributed by atoms with Gasteiger partial charge >= 0.3 is 0 Å². The van der Waals surface area contributed by atoms with Crippen molar-refractivity contribution in [3.63, 3.8) is 0 Å². The minimum Gasteiger partial charge on any atom is -0.380 e. The molecule has 3 nitrogen and oxygen atoms in total. The summed E-state index contributed by atoms with van der Waals surface area (Å²) in [4.78, 5) is 4.21. The second kappa shape index (κ2) is 5.95. The highest BCUT2D eigenvalue weighted by Gasteiger charge is 2.63. The zero-order valence-corrected chi connectivity index (χ0v) is 14.3. The number of nitrogens with zero attached hydrogens (tertiary/aromatic N) is 1. The first kappa shape index (κ1) is 16.0. The molecule has 0 radical (unpaired) electrons. The molecular formula is C18H24ClNO2. The molecule has 0 aromatic rings. The highest BCUT2D eigenvalue weighted by atomic mass is 35.5. The number of halogens is 1. The summed E-state index contributed by atoms with van der Waals surface area (Å²) in [6, 6.07) is 0. The maximum absolute atomic E-state index is 6.53. The van der Waals surface area contributed by atoms with Gasteiger partial charge in [-0.15, -0.1) is 6.58 Å². The first-order valence-electron chi connectivity index (χ1n) is 7.99. The van der Waals surface area contributed by atoms with Crippen LogP contribution in [0.2, 0.25) is 0 Å². The van der Waals surface area contributed by atoms with Crippen LogP contribution in [0.5, 0.6) is 0 Å². The molecule has 5 atom stereocenters. The van der Waals surface area contributed by atoms with E-state index >= 15 is 0 Å². The smallest absolute Gasteiger partial charge is 0.130 e. The molecule has 1 saturated carbocycles. The quantitative estimate of drug-likeness (QED) is 0.576. The topological polar surface area (TPSA) is 30.8 Å². The summed E-state index contributed by atoms with van der Waals surface area (Å²) in [6.07, 6.45) is 6.98. The molecule has 5 unspecified atom stereocenters. The summed E-state index contributed by atoms with van der Waals surface area (Å²) in [6.45, 7) is 11.9. The van der Waals surface area contributed by atoms with E-state index in [1.54, 1.807) is 6.21 Å². The van der Waals surface area contributed by atoms with E-state index < -0.39 is 0 Å². The fourth-order valence-corrected chi connectivity index (χ4v) is 4.42. The van der Waals surface area contributed by atoms with Gasteiger partial charge in [-0.05, 0) is 43.4 Å². The molecule has 1 saturated heterocycles. The zero-order chi connectivity index (χ0) is 15.9. The summed E-state index contributed by atoms with van der Waals surface area (Å²) < 4.78 is 12.3. The highest BCUT2D eigenvalue weighted by Crippen LogP contribution is 2.59. The van der Waals surface area contributed by atoms with Gasteiger partial charge in [-0.3, -0.25) is 0 Å². The van der Waals surface area contributed by atoms with Gasteiger partial charge in [-0.2, -0.15) is 0 Å². The Labute approximate surface area is 137 Å². The number of fused-ring (bicyclic) bond motifs is 1. The lowest BCUT2D eigenvalue weighted by Crippen LogP contribution is -2.60. The minimum absolute atomic E-state index is 0.0969. The Bertz CT molecular complexity index is 565. The van der Waals surface area contributed by atoms with Crippen LogP contribution in [-0.4, -0.2) is 31.6 Å². The molecule has 120 valence electrons. The third-order valence-corrected chi connectivity index (χ3v) is 5.99. The first-order chi connectivity index (χ1) is 10.5. The Morgan fingerprint density at radius 3 is 3.00 bits per heavy atom. The molecule has 2 aliphatic heterocycles. The van der Waals surface area contributed by atoms with Gasteiger partial charge in [0.05, 0.1) is 19.3 Å². The first-order valence-corrected chi connectivity index (χ1v) is 8.36. The van der Waals surface area contributed by atoms with Gasteiger partial charge in [0, 0.05) is 17.5 Å². The molecule has 0 amide bonds. The van der Waals surface area contributed by atoms with Crippen molar-refractivity contribution < 1.29 is 9.47 Å². The van der Waals surface area contributed by atoms with E-state index in [2.05, 4.69) is 31.5 Å². The van der Waals surface area contributed by atoms with Crippen LogP contribution in [0.3, 0.4) is 0 Å². The van der Waals surface area contributed by atoms with Crippen LogP contribution in [0.15, 0.2) is 40.0 Å². The number of aliphatic imine (C=N–C) groups is 1. The van der Waals surface area contributed by atoms with Crippen LogP contribution in [0.1, 0.15) is 27.2 Å². The summed E-state index contributed by atoms with van der Waals surface area (Å²) in [7, 11) is 0. The van der Waals surface area contributed by atoms with Crippen LogP contribution in [-0.2, 0) is 9.47 Å². The maximum atomic E-state index is 6.53. The van der Waals surface area contributed by atoms with Gasteiger partial charge in [0.2, 0.25) is 0 Å². The standard InChI is InChI=1S/C18H24ClNO2/c1-5-13-16(14-9-21-10-18(13,14)6-2)22-15-11(3)7-8-20-17(19)12(15)4/h6-8,13-16H,2,5,9-10H2,1,3-4H3. The van der Waals surface area contributed by atoms with Crippen LogP contribution in [0, 0.1) is 17.3 Å². The molecule has 22 heavy (non-hydrogen) atoms.